The lowest BCUT2D eigenvalue weighted by Crippen LogP contribution is -2.23. The number of hydrogen-bond acceptors (Lipinski definition) is 6. The van der Waals surface area contributed by atoms with Gasteiger partial charge in [0.15, 0.2) is 17.3 Å². The fourth-order valence-corrected chi connectivity index (χ4v) is 5.24. The van der Waals surface area contributed by atoms with E-state index >= 15 is 0 Å². The van der Waals surface area contributed by atoms with Crippen molar-refractivity contribution < 1.29 is 26.6 Å². The van der Waals surface area contributed by atoms with Crippen LogP contribution in [0.5, 0.6) is 5.75 Å². The van der Waals surface area contributed by atoms with E-state index in [4.69, 9.17) is 8.60 Å². The summed E-state index contributed by atoms with van der Waals surface area (Å²) in [4.78, 5) is 27.1. The molecule has 0 aliphatic heterocycles. The predicted molar refractivity (Wildman–Crippen MR) is 121 cm³/mol. The molecule has 7 heteroatoms. The van der Waals surface area contributed by atoms with E-state index < -0.39 is 15.9 Å². The van der Waals surface area contributed by atoms with Crippen molar-refractivity contribution in [3.63, 3.8) is 0 Å². The highest BCUT2D eigenvalue weighted by atomic mass is 32.2. The van der Waals surface area contributed by atoms with Crippen molar-refractivity contribution in [2.24, 2.45) is 0 Å². The molecule has 0 bridgehead atoms. The molecule has 0 saturated carbocycles. The van der Waals surface area contributed by atoms with Gasteiger partial charge < -0.3 is 8.60 Å². The Morgan fingerprint density at radius 2 is 1.27 bits per heavy atom. The molecule has 0 saturated heterocycles. The summed E-state index contributed by atoms with van der Waals surface area (Å²) in [7, 11) is -4.27. The maximum absolute atomic E-state index is 13.6. The molecule has 1 heterocycles. The van der Waals surface area contributed by atoms with E-state index in [-0.39, 0.29) is 44.3 Å². The van der Waals surface area contributed by atoms with Crippen LogP contribution in [0.2, 0.25) is 0 Å². The van der Waals surface area contributed by atoms with E-state index in [2.05, 4.69) is 0 Å². The van der Waals surface area contributed by atoms with Gasteiger partial charge in [-0.1, -0.05) is 60.7 Å². The summed E-state index contributed by atoms with van der Waals surface area (Å²) >= 11 is 0. The zero-order valence-corrected chi connectivity index (χ0v) is 17.8. The van der Waals surface area contributed by atoms with Crippen LogP contribution in [-0.2, 0) is 10.1 Å². The minimum absolute atomic E-state index is 0.0709. The van der Waals surface area contributed by atoms with Gasteiger partial charge in [-0.05, 0) is 18.2 Å². The first-order valence-electron chi connectivity index (χ1n) is 10.1. The Balaban J connectivity index is 1.69. The van der Waals surface area contributed by atoms with Gasteiger partial charge in [0.05, 0.1) is 5.56 Å². The number of para-hydroxylation sites is 1. The summed E-state index contributed by atoms with van der Waals surface area (Å²) in [6.45, 7) is 0. The minimum atomic E-state index is -4.27. The zero-order valence-electron chi connectivity index (χ0n) is 16.9. The molecule has 4 aromatic carbocycles. The molecule has 0 unspecified atom stereocenters. The van der Waals surface area contributed by atoms with E-state index in [1.165, 1.54) is 18.2 Å². The normalized spacial score (nSPS) is 13.2. The molecule has 0 amide bonds. The number of carbonyl (C=O) groups excluding carboxylic acids is 2. The predicted octanol–water partition coefficient (Wildman–Crippen LogP) is 5.13. The highest BCUT2D eigenvalue weighted by Gasteiger charge is 2.37. The van der Waals surface area contributed by atoms with Gasteiger partial charge in [0.1, 0.15) is 16.1 Å². The van der Waals surface area contributed by atoms with Gasteiger partial charge in [0.2, 0.25) is 0 Å². The fraction of sp³-hybridized carbons (Fsp3) is 0. The lowest BCUT2D eigenvalue weighted by Gasteiger charge is -2.20. The molecule has 6 rings (SSSR count). The van der Waals surface area contributed by atoms with E-state index in [0.717, 1.165) is 0 Å². The molecule has 33 heavy (non-hydrogen) atoms. The number of furan rings is 1. The van der Waals surface area contributed by atoms with Gasteiger partial charge in [0.25, 0.3) is 0 Å². The number of rotatable bonds is 3. The average molecular weight is 454 g/mol. The minimum Gasteiger partial charge on any atom is -0.456 e. The van der Waals surface area contributed by atoms with Crippen molar-refractivity contribution in [3.05, 3.63) is 107 Å². The molecule has 0 atom stereocenters. The Bertz CT molecular complexity index is 1730. The summed E-state index contributed by atoms with van der Waals surface area (Å²) in [5.74, 6) is -1.11. The SMILES string of the molecule is O=C1c2ccccc2C(=O)c2c1c(OS(=O)(=O)c1ccccc1)cc1oc3ccccc3c21. The highest BCUT2D eigenvalue weighted by molar-refractivity contribution is 7.87. The van der Waals surface area contributed by atoms with Crippen LogP contribution in [0.25, 0.3) is 21.9 Å². The molecule has 1 aliphatic rings. The fourth-order valence-electron chi connectivity index (χ4n) is 4.28. The summed E-state index contributed by atoms with van der Waals surface area (Å²) in [6.07, 6.45) is 0. The molecule has 1 aliphatic carbocycles. The third kappa shape index (κ3) is 2.83. The summed E-state index contributed by atoms with van der Waals surface area (Å²) in [5, 5.41) is 1.11. The Morgan fingerprint density at radius 1 is 0.667 bits per heavy atom. The molecular weight excluding hydrogens is 440 g/mol. The zero-order chi connectivity index (χ0) is 22.7. The Hall–Kier alpha value is -4.23. The molecule has 0 N–H and O–H groups in total. The van der Waals surface area contributed by atoms with Gasteiger partial charge in [-0.2, -0.15) is 8.42 Å². The van der Waals surface area contributed by atoms with Crippen LogP contribution in [0.4, 0.5) is 0 Å². The second-order valence-corrected chi connectivity index (χ2v) is 9.20. The molecule has 1 aromatic heterocycles. The van der Waals surface area contributed by atoms with E-state index in [0.29, 0.717) is 16.4 Å². The highest BCUT2D eigenvalue weighted by Crippen LogP contribution is 2.43. The molecule has 0 spiro atoms. The average Bonchev–Trinajstić information content (AvgIpc) is 3.20. The van der Waals surface area contributed by atoms with Crippen LogP contribution >= 0.6 is 0 Å². The lowest BCUT2D eigenvalue weighted by atomic mass is 9.81. The maximum Gasteiger partial charge on any atom is 0.339 e. The quantitative estimate of drug-likeness (QED) is 0.344. The van der Waals surface area contributed by atoms with Gasteiger partial charge in [-0.25, -0.2) is 0 Å². The maximum atomic E-state index is 13.6. The summed E-state index contributed by atoms with van der Waals surface area (Å²) in [5.41, 5.74) is 1.22. The summed E-state index contributed by atoms with van der Waals surface area (Å²) in [6, 6.07) is 22.6. The Labute approximate surface area is 188 Å². The van der Waals surface area contributed by atoms with Crippen molar-refractivity contribution in [1.82, 2.24) is 0 Å². The van der Waals surface area contributed by atoms with Crippen molar-refractivity contribution in [2.45, 2.75) is 4.90 Å². The van der Waals surface area contributed by atoms with E-state index in [9.17, 15) is 18.0 Å². The Kier molecular flexibility index (Phi) is 4.06. The van der Waals surface area contributed by atoms with Gasteiger partial charge >= 0.3 is 10.1 Å². The van der Waals surface area contributed by atoms with E-state index in [1.54, 1.807) is 66.7 Å². The van der Waals surface area contributed by atoms with Gasteiger partial charge in [0, 0.05) is 33.5 Å². The van der Waals surface area contributed by atoms with Gasteiger partial charge in [-0.3, -0.25) is 9.59 Å². The number of benzene rings is 4. The van der Waals surface area contributed by atoms with Crippen molar-refractivity contribution in [2.75, 3.05) is 0 Å². The number of hydrogen-bond donors (Lipinski definition) is 0. The van der Waals surface area contributed by atoms with Crippen LogP contribution in [0.1, 0.15) is 31.8 Å². The first-order chi connectivity index (χ1) is 16.0. The number of carbonyl (C=O) groups is 2. The molecule has 6 nitrogen and oxygen atoms in total. The third-order valence-corrected chi connectivity index (χ3v) is 6.98. The summed E-state index contributed by atoms with van der Waals surface area (Å²) < 4.78 is 37.3. The van der Waals surface area contributed by atoms with Crippen LogP contribution in [0, 0.1) is 0 Å². The third-order valence-electron chi connectivity index (χ3n) is 5.73. The molecule has 160 valence electrons. The van der Waals surface area contributed by atoms with Crippen molar-refractivity contribution >= 4 is 43.6 Å². The molecular formula is C26H14O6S. The first-order valence-corrected chi connectivity index (χ1v) is 11.5. The van der Waals surface area contributed by atoms with Crippen LogP contribution in [-0.4, -0.2) is 20.0 Å². The first kappa shape index (κ1) is 19.5. The largest absolute Gasteiger partial charge is 0.456 e. The second kappa shape index (κ2) is 6.88. The van der Waals surface area contributed by atoms with Crippen molar-refractivity contribution in [3.8, 4) is 5.75 Å². The van der Waals surface area contributed by atoms with Crippen LogP contribution in [0.15, 0.2) is 94.2 Å². The topological polar surface area (TPSA) is 90.7 Å². The standard InChI is InChI=1S/C26H14O6S/c27-25-16-10-4-5-11-17(16)26(28)24-22-18-12-6-7-13-19(18)31-20(22)14-21(23(24)25)32-33(29,30)15-8-2-1-3-9-15/h1-14H. The number of ketones is 2. The van der Waals surface area contributed by atoms with E-state index in [1.807, 2.05) is 0 Å². The second-order valence-electron chi connectivity index (χ2n) is 7.65. The molecule has 5 aromatic rings. The monoisotopic (exact) mass is 454 g/mol. The lowest BCUT2D eigenvalue weighted by molar-refractivity contribution is 0.0979. The number of fused-ring (bicyclic) bond motifs is 6. The van der Waals surface area contributed by atoms with Crippen LogP contribution in [0.3, 0.4) is 0 Å². The molecule has 0 fully saturated rings. The van der Waals surface area contributed by atoms with Crippen molar-refractivity contribution in [1.29, 1.82) is 0 Å². The van der Waals surface area contributed by atoms with Gasteiger partial charge in [-0.15, -0.1) is 0 Å². The Morgan fingerprint density at radius 3 is 2.00 bits per heavy atom. The smallest absolute Gasteiger partial charge is 0.339 e. The van der Waals surface area contributed by atoms with Crippen LogP contribution < -0.4 is 4.18 Å². The molecule has 0 radical (unpaired) electrons.